The molecule has 0 aliphatic carbocycles. The zero-order chi connectivity index (χ0) is 28.8. The summed E-state index contributed by atoms with van der Waals surface area (Å²) in [5.74, 6) is 0. The predicted octanol–water partition coefficient (Wildman–Crippen LogP) is 11.3. The van der Waals surface area contributed by atoms with Crippen LogP contribution in [0.5, 0.6) is 0 Å². The van der Waals surface area contributed by atoms with Crippen molar-refractivity contribution in [2.45, 2.75) is 0 Å². The predicted molar refractivity (Wildman–Crippen MR) is 188 cm³/mol. The lowest BCUT2D eigenvalue weighted by atomic mass is 9.95. The third-order valence-corrected chi connectivity index (χ3v) is 9.47. The van der Waals surface area contributed by atoms with Crippen molar-refractivity contribution in [1.29, 1.82) is 0 Å². The Morgan fingerprint density at radius 2 is 0.750 bits per heavy atom. The summed E-state index contributed by atoms with van der Waals surface area (Å²) in [5.41, 5.74) is 7.25. The highest BCUT2D eigenvalue weighted by Crippen LogP contribution is 2.44. The maximum atomic E-state index is 2.49. The minimum atomic E-state index is 1.16. The van der Waals surface area contributed by atoms with Crippen molar-refractivity contribution in [2.24, 2.45) is 0 Å². The number of benzene rings is 8. The van der Waals surface area contributed by atoms with Crippen molar-refractivity contribution < 1.29 is 0 Å². The number of fused-ring (bicyclic) bond motifs is 13. The SMILES string of the molecule is c1ccc2c(c1)ccc1c2c2c3ccccc3c3ccccc3c2n1-c1ccc(-n2c3ccccc3c3ccccc32)cc1. The van der Waals surface area contributed by atoms with Gasteiger partial charge in [0.25, 0.3) is 0 Å². The van der Waals surface area contributed by atoms with Gasteiger partial charge in [-0.25, -0.2) is 0 Å². The fraction of sp³-hybridized carbons (Fsp3) is 0. The van der Waals surface area contributed by atoms with E-state index in [4.69, 9.17) is 0 Å². The second-order valence-corrected chi connectivity index (χ2v) is 11.7. The molecule has 10 aromatic rings. The van der Waals surface area contributed by atoms with E-state index >= 15 is 0 Å². The Balaban J connectivity index is 1.33. The molecule has 0 unspecified atom stereocenters. The summed E-state index contributed by atoms with van der Waals surface area (Å²) in [6, 6.07) is 57.7. The third-order valence-electron chi connectivity index (χ3n) is 9.47. The van der Waals surface area contributed by atoms with Crippen molar-refractivity contribution in [3.63, 3.8) is 0 Å². The average Bonchev–Trinajstić information content (AvgIpc) is 3.63. The number of nitrogens with zero attached hydrogens (tertiary/aromatic N) is 2. The molecule has 0 fully saturated rings. The molecular formula is C42H26N2. The van der Waals surface area contributed by atoms with Gasteiger partial charge in [0, 0.05) is 38.3 Å². The highest BCUT2D eigenvalue weighted by atomic mass is 15.0. The molecule has 44 heavy (non-hydrogen) atoms. The van der Waals surface area contributed by atoms with Crippen LogP contribution in [0.1, 0.15) is 0 Å². The molecule has 2 heterocycles. The Morgan fingerprint density at radius 3 is 1.41 bits per heavy atom. The molecule has 2 heteroatoms. The molecule has 0 atom stereocenters. The zero-order valence-electron chi connectivity index (χ0n) is 23.9. The molecule has 0 radical (unpaired) electrons. The number of aromatic nitrogens is 2. The Bertz CT molecular complexity index is 2700. The summed E-state index contributed by atoms with van der Waals surface area (Å²) < 4.78 is 4.87. The van der Waals surface area contributed by atoms with E-state index in [0.717, 1.165) is 11.4 Å². The van der Waals surface area contributed by atoms with Crippen LogP contribution in [0.15, 0.2) is 158 Å². The summed E-state index contributed by atoms with van der Waals surface area (Å²) in [7, 11) is 0. The molecule has 8 aromatic carbocycles. The van der Waals surface area contributed by atoms with Crippen molar-refractivity contribution in [3.8, 4) is 11.4 Å². The summed E-state index contributed by atoms with van der Waals surface area (Å²) in [6.45, 7) is 0. The maximum Gasteiger partial charge on any atom is 0.0626 e. The lowest BCUT2D eigenvalue weighted by Gasteiger charge is -2.13. The Hall–Kier alpha value is -5.86. The van der Waals surface area contributed by atoms with E-state index in [1.807, 2.05) is 0 Å². The lowest BCUT2D eigenvalue weighted by Crippen LogP contribution is -1.97. The van der Waals surface area contributed by atoms with Gasteiger partial charge in [0.1, 0.15) is 0 Å². The molecular weight excluding hydrogens is 532 g/mol. The molecule has 2 nitrogen and oxygen atoms in total. The molecule has 0 spiro atoms. The van der Waals surface area contributed by atoms with Gasteiger partial charge >= 0.3 is 0 Å². The molecule has 0 aliphatic rings. The van der Waals surface area contributed by atoms with Crippen LogP contribution < -0.4 is 0 Å². The van der Waals surface area contributed by atoms with Gasteiger partial charge in [-0.15, -0.1) is 0 Å². The van der Waals surface area contributed by atoms with Crippen LogP contribution in [0.3, 0.4) is 0 Å². The second kappa shape index (κ2) is 8.82. The molecule has 0 saturated heterocycles. The van der Waals surface area contributed by atoms with E-state index in [-0.39, 0.29) is 0 Å². The Morgan fingerprint density at radius 1 is 0.273 bits per heavy atom. The first-order valence-electron chi connectivity index (χ1n) is 15.2. The van der Waals surface area contributed by atoms with E-state index < -0.39 is 0 Å². The van der Waals surface area contributed by atoms with Crippen LogP contribution >= 0.6 is 0 Å². The number of rotatable bonds is 2. The number of hydrogen-bond donors (Lipinski definition) is 0. The first kappa shape index (κ1) is 23.7. The summed E-state index contributed by atoms with van der Waals surface area (Å²) in [5, 5.41) is 12.9. The molecule has 0 N–H and O–H groups in total. The molecule has 10 rings (SSSR count). The van der Waals surface area contributed by atoms with Crippen LogP contribution in [0.2, 0.25) is 0 Å². The third kappa shape index (κ3) is 3.09. The smallest absolute Gasteiger partial charge is 0.0626 e. The van der Waals surface area contributed by atoms with Gasteiger partial charge in [0.05, 0.1) is 22.1 Å². The van der Waals surface area contributed by atoms with Gasteiger partial charge in [-0.05, 0) is 69.4 Å². The van der Waals surface area contributed by atoms with Crippen molar-refractivity contribution in [3.05, 3.63) is 158 Å². The van der Waals surface area contributed by atoms with E-state index in [0.29, 0.717) is 0 Å². The Kier molecular flexibility index (Phi) is 4.75. The standard InChI is InChI=1S/C42H26N2/c1-2-12-30-27(11-1)21-26-39-40(30)41-35-17-5-3-13-31(35)32-14-4-6-18-36(32)42(41)44(39)29-24-22-28(23-25-29)43-37-19-9-7-15-33(37)34-16-8-10-20-38(34)43/h1-26H. The largest absolute Gasteiger partial charge is 0.309 e. The van der Waals surface area contributed by atoms with E-state index in [2.05, 4.69) is 167 Å². The van der Waals surface area contributed by atoms with Crippen LogP contribution in [0.4, 0.5) is 0 Å². The van der Waals surface area contributed by atoms with Crippen LogP contribution in [-0.2, 0) is 0 Å². The van der Waals surface area contributed by atoms with Crippen molar-refractivity contribution in [2.75, 3.05) is 0 Å². The Labute approximate surface area is 253 Å². The van der Waals surface area contributed by atoms with Crippen molar-refractivity contribution in [1.82, 2.24) is 9.13 Å². The van der Waals surface area contributed by atoms with E-state index in [1.54, 1.807) is 0 Å². The second-order valence-electron chi connectivity index (χ2n) is 11.7. The van der Waals surface area contributed by atoms with Crippen molar-refractivity contribution >= 4 is 75.9 Å². The first-order valence-corrected chi connectivity index (χ1v) is 15.2. The molecule has 0 saturated carbocycles. The quantitative estimate of drug-likeness (QED) is 0.187. The summed E-state index contributed by atoms with van der Waals surface area (Å²) in [4.78, 5) is 0. The zero-order valence-corrected chi connectivity index (χ0v) is 23.9. The monoisotopic (exact) mass is 558 g/mol. The average molecular weight is 559 g/mol. The maximum absolute atomic E-state index is 2.49. The first-order chi connectivity index (χ1) is 21.9. The molecule has 2 aromatic heterocycles. The normalized spacial score (nSPS) is 12.1. The topological polar surface area (TPSA) is 9.86 Å². The molecule has 0 aliphatic heterocycles. The van der Waals surface area contributed by atoms with Crippen LogP contribution in [0, 0.1) is 0 Å². The molecule has 0 bridgehead atoms. The lowest BCUT2D eigenvalue weighted by molar-refractivity contribution is 1.15. The van der Waals surface area contributed by atoms with Gasteiger partial charge in [-0.3, -0.25) is 0 Å². The number of hydrogen-bond acceptors (Lipinski definition) is 0. The van der Waals surface area contributed by atoms with Crippen LogP contribution in [-0.4, -0.2) is 9.13 Å². The van der Waals surface area contributed by atoms with Gasteiger partial charge in [-0.1, -0.05) is 115 Å². The minimum absolute atomic E-state index is 1.16. The summed E-state index contributed by atoms with van der Waals surface area (Å²) >= 11 is 0. The fourth-order valence-electron chi connectivity index (χ4n) is 7.66. The number of para-hydroxylation sites is 2. The molecule has 204 valence electrons. The minimum Gasteiger partial charge on any atom is -0.309 e. The van der Waals surface area contributed by atoms with Gasteiger partial charge in [-0.2, -0.15) is 0 Å². The van der Waals surface area contributed by atoms with Gasteiger partial charge < -0.3 is 9.13 Å². The summed E-state index contributed by atoms with van der Waals surface area (Å²) in [6.07, 6.45) is 0. The molecule has 0 amide bonds. The van der Waals surface area contributed by atoms with Gasteiger partial charge in [0.2, 0.25) is 0 Å². The fourth-order valence-corrected chi connectivity index (χ4v) is 7.66. The van der Waals surface area contributed by atoms with E-state index in [9.17, 15) is 0 Å². The van der Waals surface area contributed by atoms with E-state index in [1.165, 1.54) is 75.9 Å². The van der Waals surface area contributed by atoms with Crippen LogP contribution in [0.25, 0.3) is 87.3 Å². The highest BCUT2D eigenvalue weighted by Gasteiger charge is 2.20. The van der Waals surface area contributed by atoms with Gasteiger partial charge in [0.15, 0.2) is 0 Å². The highest BCUT2D eigenvalue weighted by molar-refractivity contribution is 6.35.